The average Bonchev–Trinajstić information content (AvgIpc) is 2.21. The van der Waals surface area contributed by atoms with Crippen LogP contribution in [0, 0.1) is 0 Å². The Morgan fingerprint density at radius 3 is 2.87 bits per heavy atom. The van der Waals surface area contributed by atoms with Crippen LogP contribution >= 0.6 is 0 Å². The van der Waals surface area contributed by atoms with Crippen LogP contribution in [0.2, 0.25) is 0 Å². The normalized spacial score (nSPS) is 9.53. The van der Waals surface area contributed by atoms with E-state index in [0.717, 1.165) is 4.35 Å². The number of hydrogen-bond acceptors (Lipinski definition) is 3. The number of carbonyl (C=O) groups is 1. The summed E-state index contributed by atoms with van der Waals surface area (Å²) >= 11 is 2.41. The van der Waals surface area contributed by atoms with Crippen molar-refractivity contribution < 1.29 is 14.3 Å². The third-order valence-electron chi connectivity index (χ3n) is 1.70. The maximum absolute atomic E-state index is 11.2. The van der Waals surface area contributed by atoms with Crippen LogP contribution in [0.25, 0.3) is 0 Å². The van der Waals surface area contributed by atoms with E-state index >= 15 is 0 Å². The molecular weight excluding hydrogens is 257 g/mol. The van der Waals surface area contributed by atoms with Gasteiger partial charge in [0.25, 0.3) is 0 Å². The molecule has 1 aromatic rings. The number of amides is 1. The first kappa shape index (κ1) is 11.9. The summed E-state index contributed by atoms with van der Waals surface area (Å²) in [5.74, 6) is 0.612. The Hall–Kier alpha value is -1.15. The van der Waals surface area contributed by atoms with Crippen molar-refractivity contribution in [2.24, 2.45) is 0 Å². The van der Waals surface area contributed by atoms with Gasteiger partial charge < -0.3 is 0 Å². The van der Waals surface area contributed by atoms with Gasteiger partial charge in [0, 0.05) is 0 Å². The fraction of sp³-hybridized carbons (Fsp3) is 0.300. The summed E-state index contributed by atoms with van der Waals surface area (Å²) < 4.78 is 10.9. The molecule has 2 radical (unpaired) electrons. The second-order valence-electron chi connectivity index (χ2n) is 2.73. The maximum atomic E-state index is 11.2. The first-order chi connectivity index (χ1) is 7.17. The topological polar surface area (TPSA) is 47.6 Å². The minimum absolute atomic E-state index is 0.344. The van der Waals surface area contributed by atoms with E-state index in [1.54, 1.807) is 20.1 Å². The third kappa shape index (κ3) is 3.48. The average molecular weight is 269 g/mol. The van der Waals surface area contributed by atoms with Gasteiger partial charge in [-0.05, 0) is 0 Å². The summed E-state index contributed by atoms with van der Waals surface area (Å²) in [4.78, 5) is 11.2. The summed E-state index contributed by atoms with van der Waals surface area (Å²) in [6.45, 7) is 2.10. The van der Waals surface area contributed by atoms with E-state index in [2.05, 4.69) is 22.2 Å². The van der Waals surface area contributed by atoms with Gasteiger partial charge in [0.15, 0.2) is 0 Å². The number of anilines is 1. The Bertz CT molecular complexity index is 355. The van der Waals surface area contributed by atoms with Crippen molar-refractivity contribution in [3.63, 3.8) is 0 Å². The number of methoxy groups -OCH3 is 1. The molecule has 0 aromatic heterocycles. The number of ether oxygens (including phenoxy) is 2. The van der Waals surface area contributed by atoms with E-state index in [9.17, 15) is 4.79 Å². The standard InChI is InChI=1S/C10H12AsNO3/c1-3-15-10(13)12-8-5-4-7(11)6-9(8)14-2/h4-6H,3H2,1-2H3,(H,12,13). The van der Waals surface area contributed by atoms with Crippen LogP contribution in [0.1, 0.15) is 6.92 Å². The molecule has 0 atom stereocenters. The molecule has 80 valence electrons. The third-order valence-corrected chi connectivity index (χ3v) is 2.28. The van der Waals surface area contributed by atoms with Crippen molar-refractivity contribution >= 4 is 33.0 Å². The molecule has 0 fully saturated rings. The van der Waals surface area contributed by atoms with Crippen molar-refractivity contribution in [3.05, 3.63) is 18.2 Å². The molecule has 0 saturated heterocycles. The van der Waals surface area contributed by atoms with E-state index in [1.165, 1.54) is 0 Å². The summed E-state index contributed by atoms with van der Waals surface area (Å²) in [7, 11) is 1.55. The molecule has 0 aliphatic heterocycles. The first-order valence-electron chi connectivity index (χ1n) is 4.48. The molecule has 0 unspecified atom stereocenters. The number of hydrogen-bond donors (Lipinski definition) is 1. The van der Waals surface area contributed by atoms with E-state index in [-0.39, 0.29) is 0 Å². The van der Waals surface area contributed by atoms with Crippen molar-refractivity contribution in [2.45, 2.75) is 6.92 Å². The van der Waals surface area contributed by atoms with Gasteiger partial charge in [0.05, 0.1) is 0 Å². The summed E-state index contributed by atoms with van der Waals surface area (Å²) in [6, 6.07) is 5.45. The van der Waals surface area contributed by atoms with Crippen LogP contribution in [0.3, 0.4) is 0 Å². The van der Waals surface area contributed by atoms with Crippen molar-refractivity contribution in [2.75, 3.05) is 19.0 Å². The summed E-state index contributed by atoms with van der Waals surface area (Å²) in [5, 5.41) is 2.60. The quantitative estimate of drug-likeness (QED) is 0.834. The van der Waals surface area contributed by atoms with Gasteiger partial charge in [-0.3, -0.25) is 0 Å². The number of carbonyl (C=O) groups excluding carboxylic acids is 1. The van der Waals surface area contributed by atoms with Gasteiger partial charge in [-0.2, -0.15) is 0 Å². The number of benzene rings is 1. The molecule has 0 spiro atoms. The monoisotopic (exact) mass is 269 g/mol. The van der Waals surface area contributed by atoms with E-state index < -0.39 is 6.09 Å². The summed E-state index contributed by atoms with van der Waals surface area (Å²) in [5.41, 5.74) is 0.603. The Kier molecular flexibility index (Phi) is 4.50. The molecule has 0 aliphatic carbocycles. The van der Waals surface area contributed by atoms with Crippen LogP contribution in [-0.2, 0) is 4.74 Å². The molecule has 0 heterocycles. The molecule has 4 nitrogen and oxygen atoms in total. The van der Waals surface area contributed by atoms with Gasteiger partial charge in [-0.15, -0.1) is 0 Å². The Morgan fingerprint density at radius 1 is 1.53 bits per heavy atom. The molecule has 0 aliphatic rings. The van der Waals surface area contributed by atoms with Crippen LogP contribution in [0.4, 0.5) is 10.5 Å². The van der Waals surface area contributed by atoms with Gasteiger partial charge in [-0.1, -0.05) is 0 Å². The van der Waals surface area contributed by atoms with Crippen molar-refractivity contribution in [1.29, 1.82) is 0 Å². The molecule has 1 N–H and O–H groups in total. The van der Waals surface area contributed by atoms with Gasteiger partial charge in [-0.25, -0.2) is 0 Å². The second-order valence-corrected chi connectivity index (χ2v) is 3.81. The Balaban J connectivity index is 2.80. The molecule has 1 aromatic carbocycles. The number of nitrogens with one attached hydrogen (secondary N) is 1. The Morgan fingerprint density at radius 2 is 2.27 bits per heavy atom. The van der Waals surface area contributed by atoms with E-state index in [1.807, 2.05) is 12.1 Å². The van der Waals surface area contributed by atoms with Gasteiger partial charge in [0.1, 0.15) is 0 Å². The zero-order valence-electron chi connectivity index (χ0n) is 8.61. The van der Waals surface area contributed by atoms with Crippen LogP contribution in [-0.4, -0.2) is 36.7 Å². The number of rotatable bonds is 3. The van der Waals surface area contributed by atoms with Crippen LogP contribution < -0.4 is 14.4 Å². The van der Waals surface area contributed by atoms with Crippen molar-refractivity contribution in [1.82, 2.24) is 0 Å². The predicted molar refractivity (Wildman–Crippen MR) is 59.0 cm³/mol. The first-order valence-corrected chi connectivity index (χ1v) is 5.42. The predicted octanol–water partition coefficient (Wildman–Crippen LogP) is 1.06. The van der Waals surface area contributed by atoms with E-state index in [4.69, 9.17) is 9.47 Å². The van der Waals surface area contributed by atoms with Crippen LogP contribution in [0.5, 0.6) is 5.75 Å². The van der Waals surface area contributed by atoms with Gasteiger partial charge in [0.2, 0.25) is 0 Å². The van der Waals surface area contributed by atoms with Crippen molar-refractivity contribution in [3.8, 4) is 5.75 Å². The summed E-state index contributed by atoms with van der Waals surface area (Å²) in [6.07, 6.45) is -0.478. The second kappa shape index (κ2) is 5.66. The SMILES string of the molecule is CCOC(=O)Nc1ccc([As])cc1OC. The molecular formula is C10H12AsNO3. The molecule has 15 heavy (non-hydrogen) atoms. The fourth-order valence-electron chi connectivity index (χ4n) is 1.06. The van der Waals surface area contributed by atoms with E-state index in [0.29, 0.717) is 18.0 Å². The van der Waals surface area contributed by atoms with Gasteiger partial charge >= 0.3 is 97.2 Å². The molecule has 0 bridgehead atoms. The minimum atomic E-state index is -0.478. The molecule has 1 amide bonds. The van der Waals surface area contributed by atoms with Crippen LogP contribution in [0.15, 0.2) is 18.2 Å². The fourth-order valence-corrected chi connectivity index (χ4v) is 1.46. The molecule has 0 saturated carbocycles. The Labute approximate surface area is 97.5 Å². The zero-order valence-corrected chi connectivity index (χ0v) is 10.5. The molecule has 5 heteroatoms. The molecule has 1 rings (SSSR count). The zero-order chi connectivity index (χ0) is 11.3.